The summed E-state index contributed by atoms with van der Waals surface area (Å²) in [5.41, 5.74) is 10.6. The smallest absolute Gasteiger partial charge is 0.0540 e. The molecule has 0 aliphatic heterocycles. The van der Waals surface area contributed by atoms with Gasteiger partial charge in [-0.3, -0.25) is 0 Å². The van der Waals surface area contributed by atoms with Crippen molar-refractivity contribution in [1.82, 2.24) is 0 Å². The molecule has 0 atom stereocenters. The second kappa shape index (κ2) is 13.0. The molecule has 1 nitrogen and oxygen atoms in total. The molecule has 1 heteroatoms. The van der Waals surface area contributed by atoms with Gasteiger partial charge < -0.3 is 4.90 Å². The number of anilines is 3. The van der Waals surface area contributed by atoms with E-state index in [1.165, 1.54) is 76.5 Å². The molecule has 0 aliphatic carbocycles. The van der Waals surface area contributed by atoms with E-state index in [0.29, 0.717) is 0 Å². The lowest BCUT2D eigenvalue weighted by molar-refractivity contribution is 1.28. The number of rotatable bonds is 6. The number of benzene rings is 10. The summed E-state index contributed by atoms with van der Waals surface area (Å²) >= 11 is 0. The van der Waals surface area contributed by atoms with Crippen molar-refractivity contribution in [3.63, 3.8) is 0 Å². The van der Waals surface area contributed by atoms with Crippen LogP contribution in [0.4, 0.5) is 17.1 Å². The Bertz CT molecular complexity index is 2920. The topological polar surface area (TPSA) is 3.24 Å². The first kappa shape index (κ1) is 30.8. The lowest BCUT2D eigenvalue weighted by Crippen LogP contribution is -2.11. The molecule has 0 heterocycles. The van der Waals surface area contributed by atoms with Gasteiger partial charge in [0.05, 0.1) is 5.69 Å². The molecule has 0 saturated heterocycles. The van der Waals surface area contributed by atoms with Gasteiger partial charge in [-0.15, -0.1) is 0 Å². The fourth-order valence-electron chi connectivity index (χ4n) is 8.02. The first-order chi connectivity index (χ1) is 26.3. The molecule has 0 radical (unpaired) electrons. The molecule has 0 aliphatic rings. The van der Waals surface area contributed by atoms with Gasteiger partial charge in [-0.2, -0.15) is 0 Å². The average molecular weight is 674 g/mol. The first-order valence-electron chi connectivity index (χ1n) is 18.3. The number of para-hydroxylation sites is 1. The van der Waals surface area contributed by atoms with Crippen molar-refractivity contribution in [2.75, 3.05) is 4.90 Å². The molecule has 0 amide bonds. The van der Waals surface area contributed by atoms with Gasteiger partial charge in [-0.1, -0.05) is 170 Å². The van der Waals surface area contributed by atoms with Gasteiger partial charge in [0.2, 0.25) is 0 Å². The summed E-state index contributed by atoms with van der Waals surface area (Å²) in [5.74, 6) is 0. The van der Waals surface area contributed by atoms with Crippen LogP contribution in [0.3, 0.4) is 0 Å². The summed E-state index contributed by atoms with van der Waals surface area (Å²) in [6.07, 6.45) is 0. The maximum Gasteiger partial charge on any atom is 0.0540 e. The summed E-state index contributed by atoms with van der Waals surface area (Å²) in [5, 5.41) is 10.1. The number of hydrogen-bond acceptors (Lipinski definition) is 1. The van der Waals surface area contributed by atoms with Crippen molar-refractivity contribution < 1.29 is 0 Å². The SMILES string of the molecule is c1ccc(-c2ccc(N(c3ccc(-c4cc5c6ccccc6ccc5c5ccccc45)cc3)c3ccccc3-c3ccc4ccccc4c3)cc2)cc1. The predicted molar refractivity (Wildman–Crippen MR) is 227 cm³/mol. The molecule has 248 valence electrons. The third-order valence-electron chi connectivity index (χ3n) is 10.6. The quantitative estimate of drug-likeness (QED) is 0.159. The largest absolute Gasteiger partial charge is 0.310 e. The highest BCUT2D eigenvalue weighted by Crippen LogP contribution is 2.43. The van der Waals surface area contributed by atoms with E-state index >= 15 is 0 Å². The van der Waals surface area contributed by atoms with E-state index in [4.69, 9.17) is 0 Å². The summed E-state index contributed by atoms with van der Waals surface area (Å²) in [6.45, 7) is 0. The van der Waals surface area contributed by atoms with Gasteiger partial charge in [0.25, 0.3) is 0 Å². The molecule has 0 aromatic heterocycles. The highest BCUT2D eigenvalue weighted by Gasteiger charge is 2.18. The molecule has 10 aromatic carbocycles. The summed E-state index contributed by atoms with van der Waals surface area (Å²) in [4.78, 5) is 2.40. The van der Waals surface area contributed by atoms with Gasteiger partial charge in [0.1, 0.15) is 0 Å². The summed E-state index contributed by atoms with van der Waals surface area (Å²) in [6, 6.07) is 77.3. The minimum atomic E-state index is 1.10. The zero-order chi connectivity index (χ0) is 35.1. The summed E-state index contributed by atoms with van der Waals surface area (Å²) < 4.78 is 0. The van der Waals surface area contributed by atoms with E-state index in [9.17, 15) is 0 Å². The van der Waals surface area contributed by atoms with E-state index in [2.05, 4.69) is 217 Å². The molecular formula is C52H35N. The Balaban J connectivity index is 1.13. The van der Waals surface area contributed by atoms with Crippen molar-refractivity contribution in [2.45, 2.75) is 0 Å². The maximum atomic E-state index is 2.40. The zero-order valence-corrected chi connectivity index (χ0v) is 29.2. The minimum absolute atomic E-state index is 1.10. The average Bonchev–Trinajstić information content (AvgIpc) is 3.24. The van der Waals surface area contributed by atoms with Crippen LogP contribution in [-0.2, 0) is 0 Å². The van der Waals surface area contributed by atoms with Crippen LogP contribution in [0.25, 0.3) is 76.5 Å². The van der Waals surface area contributed by atoms with Crippen LogP contribution >= 0.6 is 0 Å². The Labute approximate surface area is 309 Å². The molecule has 0 saturated carbocycles. The predicted octanol–water partition coefficient (Wildman–Crippen LogP) is 14.8. The van der Waals surface area contributed by atoms with Gasteiger partial charge >= 0.3 is 0 Å². The molecule has 53 heavy (non-hydrogen) atoms. The van der Waals surface area contributed by atoms with Crippen LogP contribution in [0.15, 0.2) is 212 Å². The maximum absolute atomic E-state index is 2.40. The van der Waals surface area contributed by atoms with Gasteiger partial charge in [0, 0.05) is 16.9 Å². The number of fused-ring (bicyclic) bond motifs is 6. The molecule has 10 rings (SSSR count). The number of nitrogens with zero attached hydrogens (tertiary/aromatic N) is 1. The zero-order valence-electron chi connectivity index (χ0n) is 29.2. The van der Waals surface area contributed by atoms with Crippen LogP contribution in [-0.4, -0.2) is 0 Å². The molecular weight excluding hydrogens is 639 g/mol. The van der Waals surface area contributed by atoms with Crippen LogP contribution in [0.1, 0.15) is 0 Å². The van der Waals surface area contributed by atoms with E-state index in [0.717, 1.165) is 17.1 Å². The molecule has 0 N–H and O–H groups in total. The van der Waals surface area contributed by atoms with Crippen LogP contribution in [0.5, 0.6) is 0 Å². The summed E-state index contributed by atoms with van der Waals surface area (Å²) in [7, 11) is 0. The van der Waals surface area contributed by atoms with Gasteiger partial charge in [0.15, 0.2) is 0 Å². The highest BCUT2D eigenvalue weighted by molar-refractivity contribution is 6.21. The van der Waals surface area contributed by atoms with Crippen LogP contribution in [0.2, 0.25) is 0 Å². The molecule has 0 fully saturated rings. The van der Waals surface area contributed by atoms with Crippen molar-refractivity contribution in [2.24, 2.45) is 0 Å². The second-order valence-electron chi connectivity index (χ2n) is 13.7. The van der Waals surface area contributed by atoms with E-state index in [-0.39, 0.29) is 0 Å². The Morgan fingerprint density at radius 2 is 0.774 bits per heavy atom. The van der Waals surface area contributed by atoms with Gasteiger partial charge in [-0.25, -0.2) is 0 Å². The van der Waals surface area contributed by atoms with Crippen molar-refractivity contribution in [1.29, 1.82) is 0 Å². The Morgan fingerprint density at radius 1 is 0.245 bits per heavy atom. The Morgan fingerprint density at radius 3 is 1.55 bits per heavy atom. The Kier molecular flexibility index (Phi) is 7.55. The lowest BCUT2D eigenvalue weighted by Gasteiger charge is -2.28. The van der Waals surface area contributed by atoms with Crippen LogP contribution < -0.4 is 4.90 Å². The molecule has 0 unspecified atom stereocenters. The van der Waals surface area contributed by atoms with E-state index < -0.39 is 0 Å². The number of hydrogen-bond donors (Lipinski definition) is 0. The van der Waals surface area contributed by atoms with E-state index in [1.54, 1.807) is 0 Å². The normalized spacial score (nSPS) is 11.4. The second-order valence-corrected chi connectivity index (χ2v) is 13.7. The van der Waals surface area contributed by atoms with Crippen LogP contribution in [0, 0.1) is 0 Å². The molecule has 0 spiro atoms. The van der Waals surface area contributed by atoms with Crippen molar-refractivity contribution in [3.05, 3.63) is 212 Å². The van der Waals surface area contributed by atoms with E-state index in [1.807, 2.05) is 0 Å². The van der Waals surface area contributed by atoms with Crippen molar-refractivity contribution in [3.8, 4) is 33.4 Å². The standard InChI is InChI=1S/C52H35N/c1-2-12-36(13-3-1)38-24-29-43(30-25-38)53(52-21-11-10-18-46(52)42-23-22-37-14-4-5-16-41(37)34-42)44-31-26-40(27-32-44)50-35-51-45-17-7-6-15-39(45)28-33-49(51)47-19-8-9-20-48(47)50/h1-35H. The monoisotopic (exact) mass is 673 g/mol. The first-order valence-corrected chi connectivity index (χ1v) is 18.3. The molecule has 10 aromatic rings. The fourth-order valence-corrected chi connectivity index (χ4v) is 8.02. The highest BCUT2D eigenvalue weighted by atomic mass is 15.1. The Hall–Kier alpha value is -6.96. The fraction of sp³-hybridized carbons (Fsp3) is 0. The third-order valence-corrected chi connectivity index (χ3v) is 10.6. The minimum Gasteiger partial charge on any atom is -0.310 e. The van der Waals surface area contributed by atoms with Gasteiger partial charge in [-0.05, 0) is 113 Å². The third kappa shape index (κ3) is 5.51. The molecule has 0 bridgehead atoms. The lowest BCUT2D eigenvalue weighted by atomic mass is 9.91. The van der Waals surface area contributed by atoms with Crippen molar-refractivity contribution >= 4 is 60.2 Å².